The van der Waals surface area contributed by atoms with Gasteiger partial charge in [-0.2, -0.15) is 0 Å². The molecule has 1 aliphatic rings. The Hall–Kier alpha value is -0.970. The summed E-state index contributed by atoms with van der Waals surface area (Å²) in [5, 5.41) is 0.552. The lowest BCUT2D eigenvalue weighted by molar-refractivity contribution is 0.0680. The second kappa shape index (κ2) is 5.99. The van der Waals surface area contributed by atoms with E-state index in [2.05, 4.69) is 0 Å². The maximum atomic E-state index is 12.5. The minimum Gasteiger partial charge on any atom is -0.399 e. The van der Waals surface area contributed by atoms with E-state index in [1.807, 2.05) is 0 Å². The molecule has 2 N–H and O–H groups in total. The molecule has 0 aromatic heterocycles. The first-order valence-electron chi connectivity index (χ1n) is 6.09. The zero-order valence-corrected chi connectivity index (χ0v) is 12.2. The van der Waals surface area contributed by atoms with Crippen molar-refractivity contribution >= 4 is 34.8 Å². The maximum Gasteiger partial charge on any atom is 0.255 e. The molecule has 1 aromatic rings. The summed E-state index contributed by atoms with van der Waals surface area (Å²) in [5.41, 5.74) is 6.51. The van der Waals surface area contributed by atoms with Crippen molar-refractivity contribution in [3.05, 3.63) is 27.7 Å². The maximum absolute atomic E-state index is 12.5. The van der Waals surface area contributed by atoms with Crippen molar-refractivity contribution in [2.24, 2.45) is 0 Å². The van der Waals surface area contributed by atoms with E-state index in [-0.39, 0.29) is 17.0 Å². The van der Waals surface area contributed by atoms with Crippen molar-refractivity contribution in [1.82, 2.24) is 4.90 Å². The molecule has 1 fully saturated rings. The van der Waals surface area contributed by atoms with Crippen LogP contribution in [0.5, 0.6) is 0 Å². The first-order valence-corrected chi connectivity index (χ1v) is 6.84. The lowest BCUT2D eigenvalue weighted by Crippen LogP contribution is -2.36. The molecule has 0 atom stereocenters. The number of nitrogens with zero attached hydrogens (tertiary/aromatic N) is 1. The number of hydrogen-bond donors (Lipinski definition) is 1. The van der Waals surface area contributed by atoms with E-state index in [4.69, 9.17) is 33.7 Å². The van der Waals surface area contributed by atoms with Crippen LogP contribution < -0.4 is 5.73 Å². The fraction of sp³-hybridized carbons (Fsp3) is 0.462. The van der Waals surface area contributed by atoms with Gasteiger partial charge >= 0.3 is 0 Å². The number of hydrogen-bond acceptors (Lipinski definition) is 3. The number of halogens is 2. The molecular weight excluding hydrogens is 287 g/mol. The van der Waals surface area contributed by atoms with E-state index in [0.717, 1.165) is 12.8 Å². The molecule has 0 spiro atoms. The number of methoxy groups -OCH3 is 1. The Labute approximate surface area is 122 Å². The van der Waals surface area contributed by atoms with E-state index < -0.39 is 0 Å². The zero-order chi connectivity index (χ0) is 14.0. The number of ether oxygens (including phenoxy) is 1. The number of carbonyl (C=O) groups is 1. The summed E-state index contributed by atoms with van der Waals surface area (Å²) in [6.07, 6.45) is 2.03. The molecule has 1 amide bonds. The number of nitrogen functional groups attached to an aromatic ring is 1. The Morgan fingerprint density at radius 3 is 2.74 bits per heavy atom. The summed E-state index contributed by atoms with van der Waals surface area (Å²) in [4.78, 5) is 14.3. The van der Waals surface area contributed by atoms with Crippen molar-refractivity contribution < 1.29 is 9.53 Å². The molecule has 0 bridgehead atoms. The Morgan fingerprint density at radius 1 is 1.47 bits per heavy atom. The molecule has 0 heterocycles. The molecule has 0 aliphatic heterocycles. The molecular formula is C13H16Cl2N2O2. The van der Waals surface area contributed by atoms with Gasteiger partial charge in [-0.25, -0.2) is 0 Å². The van der Waals surface area contributed by atoms with Gasteiger partial charge in [0.15, 0.2) is 0 Å². The zero-order valence-electron chi connectivity index (χ0n) is 10.7. The smallest absolute Gasteiger partial charge is 0.255 e. The highest BCUT2D eigenvalue weighted by molar-refractivity contribution is 6.44. The van der Waals surface area contributed by atoms with Gasteiger partial charge in [0.05, 0.1) is 22.2 Å². The Morgan fingerprint density at radius 2 is 2.16 bits per heavy atom. The molecule has 2 rings (SSSR count). The lowest BCUT2D eigenvalue weighted by atomic mass is 10.1. The van der Waals surface area contributed by atoms with Gasteiger partial charge in [0.25, 0.3) is 5.91 Å². The number of amides is 1. The van der Waals surface area contributed by atoms with Crippen LogP contribution in [0.25, 0.3) is 0 Å². The fourth-order valence-electron chi connectivity index (χ4n) is 1.95. The van der Waals surface area contributed by atoms with Crippen molar-refractivity contribution in [3.63, 3.8) is 0 Å². The summed E-state index contributed by atoms with van der Waals surface area (Å²) in [6.45, 7) is 1.04. The highest BCUT2D eigenvalue weighted by Gasteiger charge is 2.33. The molecule has 1 aromatic carbocycles. The summed E-state index contributed by atoms with van der Waals surface area (Å²) >= 11 is 12.1. The monoisotopic (exact) mass is 302 g/mol. The normalized spacial score (nSPS) is 14.5. The fourth-order valence-corrected chi connectivity index (χ4v) is 2.36. The quantitative estimate of drug-likeness (QED) is 0.851. The van der Waals surface area contributed by atoms with Gasteiger partial charge in [0.2, 0.25) is 0 Å². The lowest BCUT2D eigenvalue weighted by Gasteiger charge is -2.23. The van der Waals surface area contributed by atoms with Crippen molar-refractivity contribution in [3.8, 4) is 0 Å². The Balaban J connectivity index is 2.26. The molecule has 4 nitrogen and oxygen atoms in total. The van der Waals surface area contributed by atoms with Crippen LogP contribution >= 0.6 is 23.2 Å². The van der Waals surface area contributed by atoms with E-state index in [9.17, 15) is 4.79 Å². The van der Waals surface area contributed by atoms with Crippen LogP contribution in [0.2, 0.25) is 10.0 Å². The average molecular weight is 303 g/mol. The van der Waals surface area contributed by atoms with Crippen LogP contribution in [0.1, 0.15) is 23.2 Å². The molecule has 0 saturated heterocycles. The van der Waals surface area contributed by atoms with Crippen LogP contribution in [-0.4, -0.2) is 37.1 Å². The van der Waals surface area contributed by atoms with Gasteiger partial charge < -0.3 is 15.4 Å². The minimum atomic E-state index is -0.140. The Kier molecular flexibility index (Phi) is 4.55. The van der Waals surface area contributed by atoms with Crippen LogP contribution in [0, 0.1) is 0 Å². The topological polar surface area (TPSA) is 55.6 Å². The van der Waals surface area contributed by atoms with Crippen molar-refractivity contribution in [2.45, 2.75) is 18.9 Å². The summed E-state index contributed by atoms with van der Waals surface area (Å²) in [5.74, 6) is -0.140. The van der Waals surface area contributed by atoms with E-state index in [1.165, 1.54) is 6.07 Å². The first kappa shape index (κ1) is 14.4. The van der Waals surface area contributed by atoms with E-state index in [1.54, 1.807) is 18.1 Å². The highest BCUT2D eigenvalue weighted by atomic mass is 35.5. The summed E-state index contributed by atoms with van der Waals surface area (Å²) < 4.78 is 5.04. The number of nitrogens with two attached hydrogens (primary N) is 1. The summed E-state index contributed by atoms with van der Waals surface area (Å²) in [7, 11) is 1.61. The molecule has 0 unspecified atom stereocenters. The number of carbonyl (C=O) groups excluding carboxylic acids is 1. The van der Waals surface area contributed by atoms with Crippen LogP contribution in [0.4, 0.5) is 5.69 Å². The predicted molar refractivity (Wildman–Crippen MR) is 76.8 cm³/mol. The number of anilines is 1. The van der Waals surface area contributed by atoms with Gasteiger partial charge in [-0.05, 0) is 25.0 Å². The van der Waals surface area contributed by atoms with Crippen molar-refractivity contribution in [2.75, 3.05) is 26.0 Å². The SMILES string of the molecule is COCCN(C(=O)c1cc(N)cc(Cl)c1Cl)C1CC1. The number of rotatable bonds is 5. The molecule has 104 valence electrons. The largest absolute Gasteiger partial charge is 0.399 e. The van der Waals surface area contributed by atoms with Crippen LogP contribution in [-0.2, 0) is 4.74 Å². The predicted octanol–water partition coefficient (Wildman–Crippen LogP) is 2.83. The Bertz CT molecular complexity index is 490. The average Bonchev–Trinajstić information content (AvgIpc) is 3.18. The van der Waals surface area contributed by atoms with Gasteiger partial charge in [0.1, 0.15) is 0 Å². The third kappa shape index (κ3) is 3.32. The van der Waals surface area contributed by atoms with Gasteiger partial charge in [-0.15, -0.1) is 0 Å². The second-order valence-electron chi connectivity index (χ2n) is 4.59. The summed E-state index contributed by atoms with van der Waals surface area (Å²) in [6, 6.07) is 3.38. The standard InChI is InChI=1S/C13H16Cl2N2O2/c1-19-5-4-17(9-2-3-9)13(18)10-6-8(16)7-11(14)12(10)15/h6-7,9H,2-5,16H2,1H3. The van der Waals surface area contributed by atoms with Crippen LogP contribution in [0.15, 0.2) is 12.1 Å². The second-order valence-corrected chi connectivity index (χ2v) is 5.37. The van der Waals surface area contributed by atoms with E-state index in [0.29, 0.717) is 29.4 Å². The highest BCUT2D eigenvalue weighted by Crippen LogP contribution is 2.33. The van der Waals surface area contributed by atoms with Gasteiger partial charge in [0, 0.05) is 25.4 Å². The number of benzene rings is 1. The molecule has 6 heteroatoms. The molecule has 1 saturated carbocycles. The third-order valence-corrected chi connectivity index (χ3v) is 3.87. The molecule has 0 radical (unpaired) electrons. The van der Waals surface area contributed by atoms with E-state index >= 15 is 0 Å². The van der Waals surface area contributed by atoms with Gasteiger partial charge in [-0.3, -0.25) is 4.79 Å². The van der Waals surface area contributed by atoms with Crippen LogP contribution in [0.3, 0.4) is 0 Å². The third-order valence-electron chi connectivity index (χ3n) is 3.07. The van der Waals surface area contributed by atoms with Crippen molar-refractivity contribution in [1.29, 1.82) is 0 Å². The molecule has 1 aliphatic carbocycles. The minimum absolute atomic E-state index is 0.140. The first-order chi connectivity index (χ1) is 9.04. The van der Waals surface area contributed by atoms with Gasteiger partial charge in [-0.1, -0.05) is 23.2 Å². The molecule has 19 heavy (non-hydrogen) atoms.